The number of hydrogen-bond donors (Lipinski definition) is 1. The van der Waals surface area contributed by atoms with Gasteiger partial charge < -0.3 is 5.32 Å². The van der Waals surface area contributed by atoms with E-state index >= 15 is 0 Å². The van der Waals surface area contributed by atoms with Crippen molar-refractivity contribution in [1.82, 2.24) is 19.6 Å². The fourth-order valence-electron chi connectivity index (χ4n) is 3.08. The number of benzene rings is 1. The SMILES string of the molecule is Cc1cc(NC(=O)c2cc3c(C(F)(F)F)nn(C)c3s2)nn1Cc1ccc(Cl)cc1Cl. The first-order chi connectivity index (χ1) is 14.5. The van der Waals surface area contributed by atoms with Crippen molar-refractivity contribution in [2.75, 3.05) is 5.32 Å². The molecule has 0 radical (unpaired) electrons. The van der Waals surface area contributed by atoms with Gasteiger partial charge >= 0.3 is 6.18 Å². The summed E-state index contributed by atoms with van der Waals surface area (Å²) in [6, 6.07) is 8.00. The van der Waals surface area contributed by atoms with Crippen LogP contribution in [0.25, 0.3) is 10.2 Å². The van der Waals surface area contributed by atoms with Crippen LogP contribution in [0, 0.1) is 6.92 Å². The number of carbonyl (C=O) groups excluding carboxylic acids is 1. The molecule has 12 heteroatoms. The first kappa shape index (κ1) is 21.7. The number of nitrogens with one attached hydrogen (secondary N) is 1. The molecule has 0 aliphatic carbocycles. The molecule has 0 spiro atoms. The largest absolute Gasteiger partial charge is 0.435 e. The molecular weight excluding hydrogens is 474 g/mol. The summed E-state index contributed by atoms with van der Waals surface area (Å²) in [4.78, 5) is 13.0. The Morgan fingerprint density at radius 3 is 2.61 bits per heavy atom. The second-order valence-corrected chi connectivity index (χ2v) is 8.69. The molecule has 1 N–H and O–H groups in total. The van der Waals surface area contributed by atoms with Gasteiger partial charge in [-0.25, -0.2) is 0 Å². The number of aromatic nitrogens is 4. The Morgan fingerprint density at radius 2 is 1.94 bits per heavy atom. The molecule has 31 heavy (non-hydrogen) atoms. The summed E-state index contributed by atoms with van der Waals surface area (Å²) in [5.41, 5.74) is 0.549. The number of alkyl halides is 3. The molecule has 0 saturated heterocycles. The summed E-state index contributed by atoms with van der Waals surface area (Å²) in [6.45, 7) is 2.18. The third-order valence-corrected chi connectivity index (χ3v) is 6.35. The maximum absolute atomic E-state index is 13.2. The topological polar surface area (TPSA) is 64.7 Å². The number of hydrogen-bond acceptors (Lipinski definition) is 4. The van der Waals surface area contributed by atoms with Crippen molar-refractivity contribution in [3.8, 4) is 0 Å². The fourth-order valence-corrected chi connectivity index (χ4v) is 4.52. The second-order valence-electron chi connectivity index (χ2n) is 6.82. The van der Waals surface area contributed by atoms with E-state index in [1.807, 2.05) is 6.92 Å². The predicted octanol–water partition coefficient (Wildman–Crippen LogP) is 5.77. The quantitative estimate of drug-likeness (QED) is 0.397. The van der Waals surface area contributed by atoms with Crippen molar-refractivity contribution in [1.29, 1.82) is 0 Å². The van der Waals surface area contributed by atoms with E-state index in [1.165, 1.54) is 13.1 Å². The molecule has 162 valence electrons. The number of amides is 1. The molecule has 0 unspecified atom stereocenters. The van der Waals surface area contributed by atoms with E-state index < -0.39 is 17.8 Å². The maximum atomic E-state index is 13.2. The Labute approximate surface area is 188 Å². The third-order valence-electron chi connectivity index (χ3n) is 4.56. The zero-order valence-electron chi connectivity index (χ0n) is 16.1. The number of carbonyl (C=O) groups is 1. The van der Waals surface area contributed by atoms with Crippen LogP contribution in [-0.4, -0.2) is 25.5 Å². The van der Waals surface area contributed by atoms with Crippen LogP contribution < -0.4 is 5.32 Å². The van der Waals surface area contributed by atoms with Gasteiger partial charge in [-0.05, 0) is 30.7 Å². The van der Waals surface area contributed by atoms with E-state index in [2.05, 4.69) is 15.5 Å². The summed E-state index contributed by atoms with van der Waals surface area (Å²) in [7, 11) is 1.41. The number of thiophene rings is 1. The normalized spacial score (nSPS) is 12.0. The van der Waals surface area contributed by atoms with Crippen LogP contribution in [0.3, 0.4) is 0 Å². The summed E-state index contributed by atoms with van der Waals surface area (Å²) in [6.07, 6.45) is -4.60. The lowest BCUT2D eigenvalue weighted by Crippen LogP contribution is -2.12. The smallest absolute Gasteiger partial charge is 0.304 e. The highest BCUT2D eigenvalue weighted by molar-refractivity contribution is 7.20. The van der Waals surface area contributed by atoms with Gasteiger partial charge in [-0.15, -0.1) is 11.3 Å². The minimum Gasteiger partial charge on any atom is -0.304 e. The van der Waals surface area contributed by atoms with E-state index in [0.29, 0.717) is 16.6 Å². The van der Waals surface area contributed by atoms with E-state index in [4.69, 9.17) is 23.2 Å². The minimum absolute atomic E-state index is 0.107. The van der Waals surface area contributed by atoms with Crippen LogP contribution in [0.4, 0.5) is 19.0 Å². The lowest BCUT2D eigenvalue weighted by Gasteiger charge is -2.07. The summed E-state index contributed by atoms with van der Waals surface area (Å²) >= 11 is 13.1. The molecule has 0 atom stereocenters. The lowest BCUT2D eigenvalue weighted by molar-refractivity contribution is -0.140. The van der Waals surface area contributed by atoms with Crippen LogP contribution in [0.1, 0.15) is 26.6 Å². The number of rotatable bonds is 4. The molecule has 1 amide bonds. The highest BCUT2D eigenvalue weighted by atomic mass is 35.5. The van der Waals surface area contributed by atoms with Gasteiger partial charge in [0.25, 0.3) is 5.91 Å². The van der Waals surface area contributed by atoms with Gasteiger partial charge in [0.1, 0.15) is 4.83 Å². The average molecular weight is 488 g/mol. The first-order valence-electron chi connectivity index (χ1n) is 8.86. The zero-order valence-corrected chi connectivity index (χ0v) is 18.4. The number of nitrogens with zero attached hydrogens (tertiary/aromatic N) is 4. The van der Waals surface area contributed by atoms with Gasteiger partial charge in [0.2, 0.25) is 0 Å². The fraction of sp³-hybridized carbons (Fsp3) is 0.211. The van der Waals surface area contributed by atoms with Crippen molar-refractivity contribution < 1.29 is 18.0 Å². The van der Waals surface area contributed by atoms with Gasteiger partial charge in [-0.3, -0.25) is 14.2 Å². The van der Waals surface area contributed by atoms with E-state index in [-0.39, 0.29) is 20.9 Å². The van der Waals surface area contributed by atoms with Crippen LogP contribution in [0.5, 0.6) is 0 Å². The number of anilines is 1. The van der Waals surface area contributed by atoms with Crippen molar-refractivity contribution in [2.45, 2.75) is 19.6 Å². The van der Waals surface area contributed by atoms with Crippen LogP contribution in [-0.2, 0) is 19.8 Å². The monoisotopic (exact) mass is 487 g/mol. The Kier molecular flexibility index (Phi) is 5.48. The molecule has 6 nitrogen and oxygen atoms in total. The van der Waals surface area contributed by atoms with Gasteiger partial charge in [0.15, 0.2) is 11.5 Å². The molecule has 0 bridgehead atoms. The van der Waals surface area contributed by atoms with E-state index in [9.17, 15) is 18.0 Å². The summed E-state index contributed by atoms with van der Waals surface area (Å²) < 4.78 is 42.3. The standard InChI is InChI=1S/C19H14Cl2F3N5OS/c1-9-5-15(26-29(9)8-10-3-4-11(20)6-13(10)21)25-17(30)14-7-12-16(19(22,23)24)27-28(2)18(12)31-14/h3-7H,8H2,1-2H3,(H,25,26,30). The molecule has 3 aromatic heterocycles. The molecule has 4 aromatic rings. The van der Waals surface area contributed by atoms with Gasteiger partial charge in [-0.2, -0.15) is 23.4 Å². The average Bonchev–Trinajstić information content (AvgIpc) is 3.32. The maximum Gasteiger partial charge on any atom is 0.435 e. The molecule has 0 saturated carbocycles. The van der Waals surface area contributed by atoms with Crippen LogP contribution in [0.15, 0.2) is 30.3 Å². The Balaban J connectivity index is 1.56. The number of halogens is 5. The van der Waals surface area contributed by atoms with Gasteiger partial charge in [0.05, 0.1) is 11.4 Å². The predicted molar refractivity (Wildman–Crippen MR) is 114 cm³/mol. The van der Waals surface area contributed by atoms with Crippen LogP contribution >= 0.6 is 34.5 Å². The van der Waals surface area contributed by atoms with Crippen molar-refractivity contribution in [3.63, 3.8) is 0 Å². The molecule has 1 aromatic carbocycles. The molecule has 3 heterocycles. The Hall–Kier alpha value is -2.56. The molecule has 0 aliphatic rings. The summed E-state index contributed by atoms with van der Waals surface area (Å²) in [5, 5.41) is 11.4. The van der Waals surface area contributed by atoms with E-state index in [0.717, 1.165) is 27.3 Å². The van der Waals surface area contributed by atoms with E-state index in [1.54, 1.807) is 28.9 Å². The lowest BCUT2D eigenvalue weighted by atomic mass is 10.2. The molecule has 4 rings (SSSR count). The molecular formula is C19H14Cl2F3N5OS. The van der Waals surface area contributed by atoms with Gasteiger partial charge in [0, 0.05) is 34.2 Å². The number of fused-ring (bicyclic) bond motifs is 1. The Morgan fingerprint density at radius 1 is 1.19 bits per heavy atom. The minimum atomic E-state index is -4.60. The Bertz CT molecular complexity index is 1310. The summed E-state index contributed by atoms with van der Waals surface area (Å²) in [5.74, 6) is -0.275. The van der Waals surface area contributed by atoms with Crippen molar-refractivity contribution in [3.05, 3.63) is 62.2 Å². The molecule has 0 fully saturated rings. The zero-order chi connectivity index (χ0) is 22.5. The second kappa shape index (κ2) is 7.85. The third kappa shape index (κ3) is 4.28. The molecule has 0 aliphatic heterocycles. The van der Waals surface area contributed by atoms with Crippen molar-refractivity contribution in [2.24, 2.45) is 7.05 Å². The number of aryl methyl sites for hydroxylation is 2. The highest BCUT2D eigenvalue weighted by Crippen LogP contribution is 2.37. The van der Waals surface area contributed by atoms with Crippen LogP contribution in [0.2, 0.25) is 10.0 Å². The highest BCUT2D eigenvalue weighted by Gasteiger charge is 2.37. The van der Waals surface area contributed by atoms with Crippen molar-refractivity contribution >= 4 is 56.5 Å². The first-order valence-corrected chi connectivity index (χ1v) is 10.4. The van der Waals surface area contributed by atoms with Gasteiger partial charge in [-0.1, -0.05) is 29.3 Å².